The van der Waals surface area contributed by atoms with Crippen LogP contribution in [-0.4, -0.2) is 15.9 Å². The number of hydrogen-bond donors (Lipinski definition) is 1. The fraction of sp³-hybridized carbons (Fsp3) is 0.333. The molecule has 3 aliphatic rings. The number of amides is 1. The predicted octanol–water partition coefficient (Wildman–Crippen LogP) is 4.32. The maximum atomic E-state index is 12.7. The first kappa shape index (κ1) is 16.7. The van der Waals surface area contributed by atoms with Crippen molar-refractivity contribution in [3.05, 3.63) is 66.1 Å². The number of pyridine rings is 2. The minimum atomic E-state index is -0.307. The average Bonchev–Trinajstić information content (AvgIpc) is 3.66. The predicted molar refractivity (Wildman–Crippen MR) is 109 cm³/mol. The number of carbonyl (C=O) groups is 1. The fourth-order valence-corrected chi connectivity index (χ4v) is 4.99. The monoisotopic (exact) mass is 380 g/mol. The van der Waals surface area contributed by atoms with Gasteiger partial charge in [-0.05, 0) is 71.7 Å². The van der Waals surface area contributed by atoms with Crippen LogP contribution in [0.4, 0.5) is 5.82 Å². The first-order chi connectivity index (χ1) is 14.1. The van der Waals surface area contributed by atoms with Gasteiger partial charge in [-0.25, -0.2) is 4.98 Å². The van der Waals surface area contributed by atoms with Crippen molar-refractivity contribution >= 4 is 22.5 Å². The van der Waals surface area contributed by atoms with Crippen LogP contribution in [0.5, 0.6) is 0 Å². The van der Waals surface area contributed by atoms with Gasteiger partial charge in [0.15, 0.2) is 0 Å². The minimum Gasteiger partial charge on any atom is -0.310 e. The van der Waals surface area contributed by atoms with E-state index in [0.717, 1.165) is 47.6 Å². The minimum absolute atomic E-state index is 0.00878. The molecule has 29 heavy (non-hydrogen) atoms. The summed E-state index contributed by atoms with van der Waals surface area (Å²) in [6, 6.07) is 14.7. The lowest BCUT2D eigenvalue weighted by Crippen LogP contribution is -2.15. The van der Waals surface area contributed by atoms with Crippen molar-refractivity contribution in [2.24, 2.45) is 11.3 Å². The lowest BCUT2D eigenvalue weighted by molar-refractivity contribution is -0.117. The molecule has 3 fully saturated rings. The van der Waals surface area contributed by atoms with Gasteiger partial charge < -0.3 is 5.32 Å². The highest BCUT2D eigenvalue weighted by molar-refractivity contribution is 5.96. The first-order valence-electron chi connectivity index (χ1n) is 10.2. The third-order valence-corrected chi connectivity index (χ3v) is 7.13. The van der Waals surface area contributed by atoms with E-state index in [0.29, 0.717) is 5.82 Å². The standard InChI is InChI=1S/C24H20N4O/c25-14-24(13-23(24)5-6-23)18-4-3-15-12-27-21(9-17(15)8-18)28-22(29)20-10-19(20)16-2-1-7-26-11-16/h1-4,7-9,11-12,19-20H,5-6,10,13H2,(H,27,28,29)/t19-,20+,24-/m0/s1. The second kappa shape index (κ2) is 5.64. The molecule has 1 N–H and O–H groups in total. The highest BCUT2D eigenvalue weighted by atomic mass is 16.2. The summed E-state index contributed by atoms with van der Waals surface area (Å²) in [4.78, 5) is 21.2. The van der Waals surface area contributed by atoms with Crippen LogP contribution in [0.25, 0.3) is 10.8 Å². The van der Waals surface area contributed by atoms with Gasteiger partial charge in [0, 0.05) is 29.9 Å². The second-order valence-corrected chi connectivity index (χ2v) is 8.83. The summed E-state index contributed by atoms with van der Waals surface area (Å²) in [5.41, 5.74) is 2.15. The number of nitrogens with one attached hydrogen (secondary N) is 1. The maximum Gasteiger partial charge on any atom is 0.229 e. The van der Waals surface area contributed by atoms with E-state index in [2.05, 4.69) is 33.5 Å². The van der Waals surface area contributed by atoms with Crippen molar-refractivity contribution in [2.75, 3.05) is 5.32 Å². The normalized spacial score (nSPS) is 28.0. The van der Waals surface area contributed by atoms with Gasteiger partial charge in [-0.1, -0.05) is 18.2 Å². The molecule has 0 radical (unpaired) electrons. The molecule has 0 aliphatic heterocycles. The van der Waals surface area contributed by atoms with Crippen LogP contribution in [0.15, 0.2) is 55.0 Å². The van der Waals surface area contributed by atoms with Gasteiger partial charge in [-0.3, -0.25) is 9.78 Å². The first-order valence-corrected chi connectivity index (χ1v) is 10.2. The molecule has 2 heterocycles. The summed E-state index contributed by atoms with van der Waals surface area (Å²) in [5.74, 6) is 0.802. The van der Waals surface area contributed by atoms with Gasteiger partial charge in [-0.15, -0.1) is 0 Å². The summed E-state index contributed by atoms with van der Waals surface area (Å²) in [5, 5.41) is 14.8. The Bertz CT molecular complexity index is 1190. The summed E-state index contributed by atoms with van der Waals surface area (Å²) in [7, 11) is 0. The zero-order valence-corrected chi connectivity index (χ0v) is 15.9. The fourth-order valence-electron chi connectivity index (χ4n) is 4.99. The van der Waals surface area contributed by atoms with E-state index in [-0.39, 0.29) is 28.6 Å². The Morgan fingerprint density at radius 2 is 2.07 bits per heavy atom. The SMILES string of the molecule is N#C[C@]1(c2ccc3cnc(NC(=O)[C@@H]4C[C@H]4c4cccnc4)cc3c2)CC12CC2. The van der Waals surface area contributed by atoms with E-state index in [1.54, 1.807) is 12.4 Å². The molecular weight excluding hydrogens is 360 g/mol. The maximum absolute atomic E-state index is 12.7. The van der Waals surface area contributed by atoms with Gasteiger partial charge >= 0.3 is 0 Å². The molecule has 1 aromatic carbocycles. The summed E-state index contributed by atoms with van der Waals surface area (Å²) >= 11 is 0. The molecule has 1 amide bonds. The lowest BCUT2D eigenvalue weighted by atomic mass is 9.92. The zero-order chi connectivity index (χ0) is 19.6. The van der Waals surface area contributed by atoms with Crippen molar-refractivity contribution in [3.63, 3.8) is 0 Å². The number of carbonyl (C=O) groups excluding carboxylic acids is 1. The average molecular weight is 380 g/mol. The Labute approximate surface area is 168 Å². The molecule has 0 bridgehead atoms. The van der Waals surface area contributed by atoms with Crippen molar-refractivity contribution in [2.45, 2.75) is 37.0 Å². The van der Waals surface area contributed by atoms with Crippen LogP contribution in [0, 0.1) is 22.7 Å². The van der Waals surface area contributed by atoms with Crippen molar-refractivity contribution in [1.82, 2.24) is 9.97 Å². The number of rotatable bonds is 4. The van der Waals surface area contributed by atoms with Crippen LogP contribution in [0.1, 0.15) is 42.7 Å². The Hall–Kier alpha value is -3.26. The van der Waals surface area contributed by atoms with Gasteiger partial charge in [0.2, 0.25) is 5.91 Å². The number of nitriles is 1. The van der Waals surface area contributed by atoms with Crippen molar-refractivity contribution < 1.29 is 4.79 Å². The highest BCUT2D eigenvalue weighted by Gasteiger charge is 2.75. The number of aromatic nitrogens is 2. The summed E-state index contributed by atoms with van der Waals surface area (Å²) in [6.07, 6.45) is 9.53. The van der Waals surface area contributed by atoms with E-state index in [9.17, 15) is 10.1 Å². The molecule has 2 aromatic heterocycles. The molecule has 3 aliphatic carbocycles. The van der Waals surface area contributed by atoms with Crippen molar-refractivity contribution in [3.8, 4) is 6.07 Å². The number of fused-ring (bicyclic) bond motifs is 1. The van der Waals surface area contributed by atoms with E-state index in [4.69, 9.17) is 0 Å². The number of anilines is 1. The molecule has 0 unspecified atom stereocenters. The number of nitrogens with zero attached hydrogens (tertiary/aromatic N) is 3. The summed E-state index contributed by atoms with van der Waals surface area (Å²) in [6.45, 7) is 0. The van der Waals surface area contributed by atoms with Gasteiger partial charge in [0.25, 0.3) is 0 Å². The molecule has 6 rings (SSSR count). The lowest BCUT2D eigenvalue weighted by Gasteiger charge is -2.11. The molecular formula is C24H20N4O. The largest absolute Gasteiger partial charge is 0.310 e. The van der Waals surface area contributed by atoms with E-state index >= 15 is 0 Å². The molecule has 142 valence electrons. The van der Waals surface area contributed by atoms with Crippen LogP contribution in [-0.2, 0) is 10.2 Å². The Morgan fingerprint density at radius 1 is 1.17 bits per heavy atom. The molecule has 5 nitrogen and oxygen atoms in total. The van der Waals surface area contributed by atoms with Crippen LogP contribution >= 0.6 is 0 Å². The Morgan fingerprint density at radius 3 is 2.79 bits per heavy atom. The summed E-state index contributed by atoms with van der Waals surface area (Å²) < 4.78 is 0. The van der Waals surface area contributed by atoms with Gasteiger partial charge in [0.1, 0.15) is 5.82 Å². The second-order valence-electron chi connectivity index (χ2n) is 8.83. The van der Waals surface area contributed by atoms with E-state index in [1.807, 2.05) is 30.5 Å². The topological polar surface area (TPSA) is 78.7 Å². The molecule has 3 saturated carbocycles. The van der Waals surface area contributed by atoms with E-state index in [1.165, 1.54) is 0 Å². The number of benzene rings is 1. The number of hydrogen-bond acceptors (Lipinski definition) is 4. The van der Waals surface area contributed by atoms with Gasteiger partial charge in [0.05, 0.1) is 11.5 Å². The van der Waals surface area contributed by atoms with E-state index < -0.39 is 0 Å². The van der Waals surface area contributed by atoms with Gasteiger partial charge in [-0.2, -0.15) is 5.26 Å². The molecule has 3 aromatic rings. The van der Waals surface area contributed by atoms with Crippen LogP contribution in [0.2, 0.25) is 0 Å². The Balaban J connectivity index is 1.23. The molecule has 1 spiro atoms. The third kappa shape index (κ3) is 2.49. The zero-order valence-electron chi connectivity index (χ0n) is 15.9. The smallest absolute Gasteiger partial charge is 0.229 e. The molecule has 0 saturated heterocycles. The highest BCUT2D eigenvalue weighted by Crippen LogP contribution is 2.78. The quantitative estimate of drug-likeness (QED) is 0.731. The van der Waals surface area contributed by atoms with Crippen LogP contribution < -0.4 is 5.32 Å². The molecule has 5 heteroatoms. The van der Waals surface area contributed by atoms with Crippen molar-refractivity contribution in [1.29, 1.82) is 5.26 Å². The Kier molecular flexibility index (Phi) is 3.24. The third-order valence-electron chi connectivity index (χ3n) is 7.13. The van der Waals surface area contributed by atoms with Crippen LogP contribution in [0.3, 0.4) is 0 Å². The molecule has 3 atom stereocenters.